The van der Waals surface area contributed by atoms with Gasteiger partial charge in [-0.15, -0.1) is 11.8 Å². The average Bonchev–Trinajstić information content (AvgIpc) is 2.62. The molecule has 0 fully saturated rings. The molecule has 5 nitrogen and oxygen atoms in total. The summed E-state index contributed by atoms with van der Waals surface area (Å²) < 4.78 is 26.3. The number of amides is 1. The Bertz CT molecular complexity index is 921. The number of carbonyl (C=O) groups excluding carboxylic acids is 1. The largest absolute Gasteiger partial charge is 0.353 e. The number of aryl methyl sites for hydroxylation is 3. The molecule has 0 aliphatic rings. The van der Waals surface area contributed by atoms with Crippen molar-refractivity contribution in [2.24, 2.45) is 0 Å². The van der Waals surface area contributed by atoms with Gasteiger partial charge in [-0.25, -0.2) is 8.42 Å². The molecule has 0 radical (unpaired) electrons. The van der Waals surface area contributed by atoms with E-state index in [1.807, 2.05) is 33.8 Å². The number of hydrogen-bond donors (Lipinski definition) is 1. The highest BCUT2D eigenvalue weighted by atomic mass is 32.2. The van der Waals surface area contributed by atoms with Crippen molar-refractivity contribution in [3.05, 3.63) is 59.2 Å². The minimum atomic E-state index is -3.62. The molecule has 29 heavy (non-hydrogen) atoms. The lowest BCUT2D eigenvalue weighted by Gasteiger charge is -2.30. The van der Waals surface area contributed by atoms with Crippen LogP contribution in [-0.2, 0) is 14.8 Å². The zero-order valence-corrected chi connectivity index (χ0v) is 19.4. The van der Waals surface area contributed by atoms with Gasteiger partial charge in [-0.3, -0.25) is 9.10 Å². The van der Waals surface area contributed by atoms with Crippen LogP contribution >= 0.6 is 11.8 Å². The Balaban J connectivity index is 2.08. The van der Waals surface area contributed by atoms with Crippen LogP contribution in [0.4, 0.5) is 5.69 Å². The lowest BCUT2D eigenvalue weighted by molar-refractivity contribution is -0.122. The van der Waals surface area contributed by atoms with Gasteiger partial charge in [0.25, 0.3) is 0 Å². The second kappa shape index (κ2) is 10.2. The maximum Gasteiger partial charge on any atom is 0.243 e. The zero-order chi connectivity index (χ0) is 21.6. The molecule has 0 saturated heterocycles. The first kappa shape index (κ1) is 23.3. The van der Waals surface area contributed by atoms with Crippen LogP contribution in [0.3, 0.4) is 0 Å². The van der Waals surface area contributed by atoms with Gasteiger partial charge < -0.3 is 5.32 Å². The summed E-state index contributed by atoms with van der Waals surface area (Å²) >= 11 is 1.66. The maximum atomic E-state index is 12.8. The van der Waals surface area contributed by atoms with E-state index in [4.69, 9.17) is 0 Å². The number of thioether (sulfide) groups is 1. The molecular formula is C22H30N2O3S2. The molecular weight excluding hydrogens is 404 g/mol. The number of nitrogens with zero attached hydrogens (tertiary/aromatic N) is 1. The van der Waals surface area contributed by atoms with Gasteiger partial charge in [0.05, 0.1) is 11.9 Å². The predicted molar refractivity (Wildman–Crippen MR) is 122 cm³/mol. The summed E-state index contributed by atoms with van der Waals surface area (Å²) in [4.78, 5) is 14.0. The van der Waals surface area contributed by atoms with Crippen LogP contribution in [0.25, 0.3) is 0 Å². The summed E-state index contributed by atoms with van der Waals surface area (Å²) in [6.07, 6.45) is 1.53. The van der Waals surface area contributed by atoms with E-state index in [-0.39, 0.29) is 5.91 Å². The first-order chi connectivity index (χ1) is 13.6. The molecule has 0 aliphatic heterocycles. The zero-order valence-electron chi connectivity index (χ0n) is 17.7. The van der Waals surface area contributed by atoms with Gasteiger partial charge in [-0.1, -0.05) is 30.7 Å². The molecule has 7 heteroatoms. The maximum absolute atomic E-state index is 12.8. The molecule has 0 bridgehead atoms. The summed E-state index contributed by atoms with van der Waals surface area (Å²) in [7, 11) is -3.62. The Morgan fingerprint density at radius 2 is 1.62 bits per heavy atom. The Hall–Kier alpha value is -1.99. The van der Waals surface area contributed by atoms with Crippen molar-refractivity contribution >= 4 is 33.4 Å². The van der Waals surface area contributed by atoms with Crippen LogP contribution in [0.1, 0.15) is 30.0 Å². The van der Waals surface area contributed by atoms with E-state index in [2.05, 4.69) is 29.6 Å². The Morgan fingerprint density at radius 1 is 1.03 bits per heavy atom. The Labute approximate surface area is 178 Å². The van der Waals surface area contributed by atoms with E-state index in [1.54, 1.807) is 23.9 Å². The molecule has 1 atom stereocenters. The van der Waals surface area contributed by atoms with Crippen molar-refractivity contribution in [1.29, 1.82) is 0 Å². The molecule has 1 N–H and O–H groups in total. The molecule has 2 rings (SSSR count). The summed E-state index contributed by atoms with van der Waals surface area (Å²) in [6, 6.07) is 13.0. The number of sulfonamides is 1. The van der Waals surface area contributed by atoms with Crippen molar-refractivity contribution < 1.29 is 13.2 Å². The summed E-state index contributed by atoms with van der Waals surface area (Å²) in [5, 5.41) is 2.90. The molecule has 0 heterocycles. The molecule has 2 aromatic carbocycles. The van der Waals surface area contributed by atoms with Crippen molar-refractivity contribution in [2.75, 3.05) is 22.9 Å². The highest BCUT2D eigenvalue weighted by Gasteiger charge is 2.31. The first-order valence-electron chi connectivity index (χ1n) is 9.66. The number of anilines is 1. The summed E-state index contributed by atoms with van der Waals surface area (Å²) in [5.41, 5.74) is 3.65. The third-order valence-electron chi connectivity index (χ3n) is 4.48. The third-order valence-corrected chi connectivity index (χ3v) is 6.68. The number of nitrogens with one attached hydrogen (secondary N) is 1. The van der Waals surface area contributed by atoms with Crippen LogP contribution < -0.4 is 9.62 Å². The second-order valence-corrected chi connectivity index (χ2v) is 10.3. The molecule has 0 aromatic heterocycles. The molecule has 2 aromatic rings. The van der Waals surface area contributed by atoms with E-state index < -0.39 is 16.1 Å². The van der Waals surface area contributed by atoms with Gasteiger partial charge >= 0.3 is 0 Å². The van der Waals surface area contributed by atoms with Crippen LogP contribution in [-0.4, -0.2) is 38.9 Å². The summed E-state index contributed by atoms with van der Waals surface area (Å²) in [5.74, 6) is 0.440. The molecule has 1 amide bonds. The first-order valence-corrected chi connectivity index (χ1v) is 12.5. The second-order valence-electron chi connectivity index (χ2n) is 7.28. The fourth-order valence-corrected chi connectivity index (χ4v) is 5.20. The van der Waals surface area contributed by atoms with Gasteiger partial charge in [0.1, 0.15) is 6.04 Å². The van der Waals surface area contributed by atoms with Crippen LogP contribution in [0.2, 0.25) is 0 Å². The van der Waals surface area contributed by atoms with Gasteiger partial charge in [0.15, 0.2) is 0 Å². The van der Waals surface area contributed by atoms with Crippen molar-refractivity contribution in [3.63, 3.8) is 0 Å². The molecule has 0 aliphatic carbocycles. The van der Waals surface area contributed by atoms with Crippen molar-refractivity contribution in [3.8, 4) is 0 Å². The fraction of sp³-hybridized carbons (Fsp3) is 0.409. The van der Waals surface area contributed by atoms with Crippen LogP contribution in [0, 0.1) is 20.8 Å². The number of hydrogen-bond acceptors (Lipinski definition) is 4. The highest BCUT2D eigenvalue weighted by molar-refractivity contribution is 7.99. The standard InChI is InChI=1S/C22H30N2O3S2/c1-6-21(22(25)23-11-12-28-20-9-7-16(2)8-10-20)24(29(5,26)27)19-14-17(3)13-18(4)15-19/h7-10,13-15,21H,6,11-12H2,1-5H3,(H,23,25). The Kier molecular flexibility index (Phi) is 8.16. The smallest absolute Gasteiger partial charge is 0.243 e. The van der Waals surface area contributed by atoms with Gasteiger partial charge in [0, 0.05) is 17.2 Å². The minimum Gasteiger partial charge on any atom is -0.353 e. The SMILES string of the molecule is CCC(C(=O)NCCSc1ccc(C)cc1)N(c1cc(C)cc(C)c1)S(C)(=O)=O. The van der Waals surface area contributed by atoms with E-state index in [1.165, 1.54) is 9.87 Å². The summed E-state index contributed by atoms with van der Waals surface area (Å²) in [6.45, 7) is 8.17. The predicted octanol–water partition coefficient (Wildman–Crippen LogP) is 4.06. The monoisotopic (exact) mass is 434 g/mol. The average molecular weight is 435 g/mol. The number of carbonyl (C=O) groups is 1. The van der Waals surface area contributed by atoms with E-state index in [0.29, 0.717) is 24.4 Å². The van der Waals surface area contributed by atoms with Gasteiger partial charge in [-0.05, 0) is 62.6 Å². The lowest BCUT2D eigenvalue weighted by atomic mass is 10.1. The number of benzene rings is 2. The van der Waals surface area contributed by atoms with E-state index in [9.17, 15) is 13.2 Å². The molecule has 0 spiro atoms. The van der Waals surface area contributed by atoms with E-state index >= 15 is 0 Å². The third kappa shape index (κ3) is 6.78. The number of rotatable bonds is 9. The minimum absolute atomic E-state index is 0.276. The van der Waals surface area contributed by atoms with Gasteiger partial charge in [-0.2, -0.15) is 0 Å². The van der Waals surface area contributed by atoms with Gasteiger partial charge in [0.2, 0.25) is 15.9 Å². The van der Waals surface area contributed by atoms with Crippen molar-refractivity contribution in [2.45, 2.75) is 45.1 Å². The normalized spacial score (nSPS) is 12.4. The van der Waals surface area contributed by atoms with Crippen LogP contribution in [0.5, 0.6) is 0 Å². The molecule has 1 unspecified atom stereocenters. The highest BCUT2D eigenvalue weighted by Crippen LogP contribution is 2.25. The fourth-order valence-electron chi connectivity index (χ4n) is 3.23. The molecule has 0 saturated carbocycles. The van der Waals surface area contributed by atoms with Crippen LogP contribution in [0.15, 0.2) is 47.4 Å². The molecule has 158 valence electrons. The Morgan fingerprint density at radius 3 is 2.14 bits per heavy atom. The topological polar surface area (TPSA) is 66.5 Å². The van der Waals surface area contributed by atoms with Crippen molar-refractivity contribution in [1.82, 2.24) is 5.32 Å². The lowest BCUT2D eigenvalue weighted by Crippen LogP contribution is -2.49. The van der Waals surface area contributed by atoms with E-state index in [0.717, 1.165) is 22.3 Å². The quantitative estimate of drug-likeness (QED) is 0.477.